The first-order chi connectivity index (χ1) is 10.3. The van der Waals surface area contributed by atoms with Crippen molar-refractivity contribution in [1.82, 2.24) is 4.90 Å². The van der Waals surface area contributed by atoms with Gasteiger partial charge in [0.2, 0.25) is 0 Å². The highest BCUT2D eigenvalue weighted by Crippen LogP contribution is 2.37. The van der Waals surface area contributed by atoms with Gasteiger partial charge in [-0.25, -0.2) is 0 Å². The number of aliphatic hydroxyl groups excluding tert-OH is 1. The fourth-order valence-corrected chi connectivity index (χ4v) is 2.71. The summed E-state index contributed by atoms with van der Waals surface area (Å²) in [4.78, 5) is 26.9. The van der Waals surface area contributed by atoms with E-state index in [4.69, 9.17) is 11.6 Å². The molecule has 2 N–H and O–H groups in total. The normalized spacial score (nSPS) is 18.5. The summed E-state index contributed by atoms with van der Waals surface area (Å²) >= 11 is 5.90. The van der Waals surface area contributed by atoms with Crippen LogP contribution < -0.4 is 4.90 Å². The van der Waals surface area contributed by atoms with Crippen LogP contribution in [0.25, 0.3) is 0 Å². The van der Waals surface area contributed by atoms with Gasteiger partial charge in [-0.1, -0.05) is 23.7 Å². The zero-order valence-corrected chi connectivity index (χ0v) is 13.6. The van der Waals surface area contributed by atoms with Crippen molar-refractivity contribution < 1.29 is 19.6 Å². The summed E-state index contributed by atoms with van der Waals surface area (Å²) < 4.78 is 0. The van der Waals surface area contributed by atoms with Gasteiger partial charge in [0.25, 0.3) is 5.91 Å². The standard InChI is InChI=1S/C16H19ClN2O3/c1-10(20)13-14(11-4-6-12(17)7-5-11)19(9-8-18(2)3)16(22)15(13)21/h4-7,14,21H,8-9H2,1-3H3/p+1/t14-/m1/s1. The molecular formula is C16H20ClN2O3+. The number of nitrogens with zero attached hydrogens (tertiary/aromatic N) is 1. The first kappa shape index (κ1) is 16.5. The van der Waals surface area contributed by atoms with Crippen molar-refractivity contribution in [2.75, 3.05) is 27.2 Å². The zero-order valence-electron chi connectivity index (χ0n) is 12.9. The SMILES string of the molecule is CC(=O)C1=C(O)C(=O)N(CC[NH+](C)C)[C@@H]1c1ccc(Cl)cc1. The van der Waals surface area contributed by atoms with Gasteiger partial charge >= 0.3 is 0 Å². The Morgan fingerprint density at radius 1 is 1.32 bits per heavy atom. The van der Waals surface area contributed by atoms with E-state index in [9.17, 15) is 14.7 Å². The molecule has 1 atom stereocenters. The van der Waals surface area contributed by atoms with E-state index < -0.39 is 17.7 Å². The quantitative estimate of drug-likeness (QED) is 0.841. The van der Waals surface area contributed by atoms with E-state index in [2.05, 4.69) is 0 Å². The molecule has 1 aliphatic rings. The predicted molar refractivity (Wildman–Crippen MR) is 83.9 cm³/mol. The number of aliphatic hydroxyl groups is 1. The molecule has 0 saturated carbocycles. The van der Waals surface area contributed by atoms with Crippen LogP contribution in [0, 0.1) is 0 Å². The van der Waals surface area contributed by atoms with Crippen molar-refractivity contribution in [1.29, 1.82) is 0 Å². The molecule has 2 rings (SSSR count). The van der Waals surface area contributed by atoms with E-state index >= 15 is 0 Å². The van der Waals surface area contributed by atoms with Crippen molar-refractivity contribution in [3.8, 4) is 0 Å². The predicted octanol–water partition coefficient (Wildman–Crippen LogP) is 0.769. The molecule has 22 heavy (non-hydrogen) atoms. The van der Waals surface area contributed by atoms with Gasteiger partial charge < -0.3 is 14.9 Å². The Morgan fingerprint density at radius 3 is 2.41 bits per heavy atom. The van der Waals surface area contributed by atoms with Crippen LogP contribution in [0.3, 0.4) is 0 Å². The number of nitrogens with one attached hydrogen (secondary N) is 1. The van der Waals surface area contributed by atoms with Gasteiger partial charge in [-0.2, -0.15) is 0 Å². The van der Waals surface area contributed by atoms with E-state index in [0.717, 1.165) is 5.56 Å². The Labute approximate surface area is 134 Å². The number of hydrogen-bond acceptors (Lipinski definition) is 3. The molecule has 1 amide bonds. The number of rotatable bonds is 5. The molecule has 1 aromatic carbocycles. The second-order valence-corrected chi connectivity index (χ2v) is 6.16. The first-order valence-corrected chi connectivity index (χ1v) is 7.50. The maximum Gasteiger partial charge on any atom is 0.290 e. The van der Waals surface area contributed by atoms with Crippen molar-refractivity contribution in [3.05, 3.63) is 46.2 Å². The smallest absolute Gasteiger partial charge is 0.290 e. The second kappa shape index (κ2) is 6.50. The summed E-state index contributed by atoms with van der Waals surface area (Å²) in [5.41, 5.74) is 0.918. The molecule has 118 valence electrons. The van der Waals surface area contributed by atoms with Crippen LogP contribution >= 0.6 is 11.6 Å². The topological polar surface area (TPSA) is 62.0 Å². The van der Waals surface area contributed by atoms with Gasteiger partial charge in [-0.05, 0) is 24.6 Å². The molecule has 1 heterocycles. The molecular weight excluding hydrogens is 304 g/mol. The third kappa shape index (κ3) is 3.15. The van der Waals surface area contributed by atoms with Crippen LogP contribution in [0.15, 0.2) is 35.6 Å². The van der Waals surface area contributed by atoms with Gasteiger partial charge in [-0.15, -0.1) is 0 Å². The van der Waals surface area contributed by atoms with Crippen LogP contribution in [0.4, 0.5) is 0 Å². The van der Waals surface area contributed by atoms with E-state index in [0.29, 0.717) is 18.1 Å². The molecule has 0 unspecified atom stereocenters. The molecule has 1 aliphatic heterocycles. The van der Waals surface area contributed by atoms with Gasteiger partial charge in [0, 0.05) is 5.02 Å². The minimum atomic E-state index is -0.554. The minimum Gasteiger partial charge on any atom is -0.503 e. The Hall–Kier alpha value is -1.85. The lowest BCUT2D eigenvalue weighted by Gasteiger charge is -2.26. The lowest BCUT2D eigenvalue weighted by molar-refractivity contribution is -0.857. The molecule has 0 bridgehead atoms. The Bertz CT molecular complexity index is 623. The molecule has 1 aromatic rings. The maximum atomic E-state index is 12.3. The number of ketones is 1. The summed E-state index contributed by atoms with van der Waals surface area (Å²) in [6, 6.07) is 6.42. The molecule has 0 saturated heterocycles. The van der Waals surface area contributed by atoms with Crippen LogP contribution in [0.1, 0.15) is 18.5 Å². The van der Waals surface area contributed by atoms with E-state index in [1.165, 1.54) is 11.8 Å². The monoisotopic (exact) mass is 323 g/mol. The van der Waals surface area contributed by atoms with Crippen molar-refractivity contribution >= 4 is 23.3 Å². The fourth-order valence-electron chi connectivity index (χ4n) is 2.58. The highest BCUT2D eigenvalue weighted by molar-refractivity contribution is 6.30. The van der Waals surface area contributed by atoms with Gasteiger partial charge in [0.15, 0.2) is 11.5 Å². The number of halogens is 1. The summed E-state index contributed by atoms with van der Waals surface area (Å²) in [6.07, 6.45) is 0. The summed E-state index contributed by atoms with van der Waals surface area (Å²) in [5.74, 6) is -1.24. The number of carbonyl (C=O) groups excluding carboxylic acids is 2. The van der Waals surface area contributed by atoms with Crippen molar-refractivity contribution in [3.63, 3.8) is 0 Å². The van der Waals surface area contributed by atoms with E-state index in [-0.39, 0.29) is 11.4 Å². The van der Waals surface area contributed by atoms with Crippen LogP contribution in [0.5, 0.6) is 0 Å². The summed E-state index contributed by atoms with van der Waals surface area (Å²) in [5, 5.41) is 10.7. The van der Waals surface area contributed by atoms with Crippen LogP contribution in [0.2, 0.25) is 5.02 Å². The third-order valence-electron chi connectivity index (χ3n) is 3.72. The average Bonchev–Trinajstić information content (AvgIpc) is 2.70. The molecule has 0 fully saturated rings. The average molecular weight is 324 g/mol. The van der Waals surface area contributed by atoms with Gasteiger partial charge in [0.05, 0.1) is 38.8 Å². The molecule has 0 aromatic heterocycles. The highest BCUT2D eigenvalue weighted by atomic mass is 35.5. The molecule has 0 spiro atoms. The molecule has 0 radical (unpaired) electrons. The number of amides is 1. The second-order valence-electron chi connectivity index (χ2n) is 5.73. The summed E-state index contributed by atoms with van der Waals surface area (Å²) in [7, 11) is 3.97. The third-order valence-corrected chi connectivity index (χ3v) is 3.97. The zero-order chi connectivity index (χ0) is 16.4. The highest BCUT2D eigenvalue weighted by Gasteiger charge is 2.42. The summed E-state index contributed by atoms with van der Waals surface area (Å²) in [6.45, 7) is 2.53. The Balaban J connectivity index is 2.43. The van der Waals surface area contributed by atoms with Gasteiger partial charge in [0.1, 0.15) is 0 Å². The van der Waals surface area contributed by atoms with E-state index in [1.807, 2.05) is 14.1 Å². The molecule has 5 nitrogen and oxygen atoms in total. The maximum absolute atomic E-state index is 12.3. The number of benzene rings is 1. The number of Topliss-reactive ketones (excluding diaryl/α,β-unsaturated/α-hetero) is 1. The fraction of sp³-hybridized carbons (Fsp3) is 0.375. The first-order valence-electron chi connectivity index (χ1n) is 7.12. The Morgan fingerprint density at radius 2 is 1.91 bits per heavy atom. The van der Waals surface area contributed by atoms with Crippen molar-refractivity contribution in [2.24, 2.45) is 0 Å². The lowest BCUT2D eigenvalue weighted by Crippen LogP contribution is -3.06. The minimum absolute atomic E-state index is 0.154. The van der Waals surface area contributed by atoms with Crippen LogP contribution in [-0.2, 0) is 9.59 Å². The number of quaternary nitrogens is 1. The van der Waals surface area contributed by atoms with Crippen molar-refractivity contribution in [2.45, 2.75) is 13.0 Å². The number of carbonyl (C=O) groups is 2. The largest absolute Gasteiger partial charge is 0.503 e. The van der Waals surface area contributed by atoms with Gasteiger partial charge in [-0.3, -0.25) is 9.59 Å². The Kier molecular flexibility index (Phi) is 4.88. The number of hydrogen-bond donors (Lipinski definition) is 2. The van der Waals surface area contributed by atoms with E-state index in [1.54, 1.807) is 29.2 Å². The number of likely N-dealkylation sites (N-methyl/N-ethyl adjacent to an activating group) is 1. The lowest BCUT2D eigenvalue weighted by atomic mass is 9.97. The molecule has 6 heteroatoms. The van der Waals surface area contributed by atoms with Crippen LogP contribution in [-0.4, -0.2) is 48.9 Å². The molecule has 0 aliphatic carbocycles.